The maximum Gasteiger partial charge on any atom is 0.205 e. The van der Waals surface area contributed by atoms with E-state index in [1.165, 1.54) is 12.8 Å². The first-order chi connectivity index (χ1) is 6.24. The highest BCUT2D eigenvalue weighted by molar-refractivity contribution is 5.25. The van der Waals surface area contributed by atoms with Gasteiger partial charge in [0.1, 0.15) is 0 Å². The van der Waals surface area contributed by atoms with Gasteiger partial charge in [0.25, 0.3) is 0 Å². The van der Waals surface area contributed by atoms with E-state index < -0.39 is 0 Å². The lowest BCUT2D eigenvalue weighted by atomic mass is 10.3. The van der Waals surface area contributed by atoms with Gasteiger partial charge in [-0.1, -0.05) is 5.92 Å². The molecule has 1 aromatic heterocycles. The molecule has 2 heteroatoms. The summed E-state index contributed by atoms with van der Waals surface area (Å²) >= 11 is 0. The van der Waals surface area contributed by atoms with Gasteiger partial charge in [0, 0.05) is 17.3 Å². The largest absolute Gasteiger partial charge is 0.226 e. The van der Waals surface area contributed by atoms with Crippen LogP contribution in [-0.2, 0) is 0 Å². The lowest BCUT2D eigenvalue weighted by molar-refractivity contribution is 1.02. The van der Waals surface area contributed by atoms with Crippen molar-refractivity contribution < 1.29 is 0 Å². The van der Waals surface area contributed by atoms with Gasteiger partial charge in [-0.3, -0.25) is 0 Å². The molecule has 0 atom stereocenters. The fraction of sp³-hybridized carbons (Fsp3) is 0.455. The van der Waals surface area contributed by atoms with E-state index in [0.29, 0.717) is 11.7 Å². The van der Waals surface area contributed by atoms with Gasteiger partial charge < -0.3 is 0 Å². The average molecular weight is 172 g/mol. The third kappa shape index (κ3) is 2.29. The van der Waals surface area contributed by atoms with Crippen molar-refractivity contribution in [3.63, 3.8) is 0 Å². The molecule has 2 rings (SSSR count). The Morgan fingerprint density at radius 2 is 1.85 bits per heavy atom. The fourth-order valence-electron chi connectivity index (χ4n) is 1.18. The van der Waals surface area contributed by atoms with Crippen molar-refractivity contribution in [1.29, 1.82) is 0 Å². The van der Waals surface area contributed by atoms with E-state index in [4.69, 9.17) is 0 Å². The normalized spacial score (nSPS) is 14.9. The highest BCUT2D eigenvalue weighted by Crippen LogP contribution is 2.27. The predicted octanol–water partition coefficient (Wildman–Crippen LogP) is 1.85. The summed E-state index contributed by atoms with van der Waals surface area (Å²) < 4.78 is 0. The molecule has 1 aliphatic rings. The molecule has 1 fully saturated rings. The van der Waals surface area contributed by atoms with Crippen molar-refractivity contribution in [2.45, 2.75) is 26.7 Å². The molecule has 1 aromatic rings. The molecule has 1 aliphatic carbocycles. The smallest absolute Gasteiger partial charge is 0.205 e. The maximum absolute atomic E-state index is 4.25. The van der Waals surface area contributed by atoms with Crippen molar-refractivity contribution in [3.05, 3.63) is 23.3 Å². The maximum atomic E-state index is 4.25. The van der Waals surface area contributed by atoms with E-state index in [9.17, 15) is 0 Å². The second-order valence-corrected chi connectivity index (χ2v) is 3.52. The Morgan fingerprint density at radius 3 is 2.38 bits per heavy atom. The van der Waals surface area contributed by atoms with Crippen molar-refractivity contribution >= 4 is 0 Å². The van der Waals surface area contributed by atoms with Gasteiger partial charge in [-0.15, -0.1) is 0 Å². The van der Waals surface area contributed by atoms with Crippen LogP contribution in [-0.4, -0.2) is 9.97 Å². The van der Waals surface area contributed by atoms with Crippen LogP contribution in [0.15, 0.2) is 6.07 Å². The van der Waals surface area contributed by atoms with Crippen LogP contribution in [0.2, 0.25) is 0 Å². The van der Waals surface area contributed by atoms with Crippen molar-refractivity contribution in [2.75, 3.05) is 0 Å². The number of aromatic nitrogens is 2. The molecule has 13 heavy (non-hydrogen) atoms. The molecule has 0 unspecified atom stereocenters. The summed E-state index contributed by atoms with van der Waals surface area (Å²) in [5, 5.41) is 0. The molecular formula is C11H12N2. The minimum absolute atomic E-state index is 0.615. The molecule has 0 aromatic carbocycles. The summed E-state index contributed by atoms with van der Waals surface area (Å²) in [4.78, 5) is 8.50. The third-order valence-electron chi connectivity index (χ3n) is 1.95. The standard InChI is InChI=1S/C11H12N2/c1-8-7-9(2)13-11(12-8)6-5-10-3-4-10/h7,10H,3-4H2,1-2H3. The van der Waals surface area contributed by atoms with E-state index in [1.54, 1.807) is 0 Å². The predicted molar refractivity (Wildman–Crippen MR) is 51.1 cm³/mol. The first-order valence-corrected chi connectivity index (χ1v) is 4.58. The summed E-state index contributed by atoms with van der Waals surface area (Å²) in [6, 6.07) is 1.96. The number of nitrogens with zero attached hydrogens (tertiary/aromatic N) is 2. The Labute approximate surface area is 78.4 Å². The van der Waals surface area contributed by atoms with Gasteiger partial charge >= 0.3 is 0 Å². The second-order valence-electron chi connectivity index (χ2n) is 3.52. The Balaban J connectivity index is 2.25. The quantitative estimate of drug-likeness (QED) is 0.558. The monoisotopic (exact) mass is 172 g/mol. The fourth-order valence-corrected chi connectivity index (χ4v) is 1.18. The summed E-state index contributed by atoms with van der Waals surface area (Å²) in [5.74, 6) is 7.45. The summed E-state index contributed by atoms with van der Waals surface area (Å²) in [5.41, 5.74) is 1.99. The van der Waals surface area contributed by atoms with Crippen molar-refractivity contribution in [2.24, 2.45) is 5.92 Å². The van der Waals surface area contributed by atoms with Crippen LogP contribution in [0.25, 0.3) is 0 Å². The van der Waals surface area contributed by atoms with Gasteiger partial charge in [-0.25, -0.2) is 9.97 Å². The molecule has 0 amide bonds. The highest BCUT2D eigenvalue weighted by Gasteiger charge is 2.17. The molecule has 0 radical (unpaired) electrons. The van der Waals surface area contributed by atoms with Crippen LogP contribution >= 0.6 is 0 Å². The lowest BCUT2D eigenvalue weighted by Crippen LogP contribution is -1.94. The molecule has 2 nitrogen and oxygen atoms in total. The first kappa shape index (κ1) is 8.25. The van der Waals surface area contributed by atoms with E-state index in [-0.39, 0.29) is 0 Å². The first-order valence-electron chi connectivity index (χ1n) is 4.58. The van der Waals surface area contributed by atoms with E-state index in [0.717, 1.165) is 11.4 Å². The van der Waals surface area contributed by atoms with Gasteiger partial charge in [-0.05, 0) is 38.7 Å². The van der Waals surface area contributed by atoms with Gasteiger partial charge in [-0.2, -0.15) is 0 Å². The molecule has 1 heterocycles. The van der Waals surface area contributed by atoms with Crippen molar-refractivity contribution in [3.8, 4) is 11.8 Å². The average Bonchev–Trinajstić information content (AvgIpc) is 2.81. The minimum Gasteiger partial charge on any atom is -0.226 e. The number of hydrogen-bond acceptors (Lipinski definition) is 2. The minimum atomic E-state index is 0.615. The zero-order chi connectivity index (χ0) is 9.26. The van der Waals surface area contributed by atoms with Crippen molar-refractivity contribution in [1.82, 2.24) is 9.97 Å². The van der Waals surface area contributed by atoms with Crippen LogP contribution in [0.3, 0.4) is 0 Å². The van der Waals surface area contributed by atoms with Gasteiger partial charge in [0.05, 0.1) is 0 Å². The SMILES string of the molecule is Cc1cc(C)nc(C#CC2CC2)n1. The van der Waals surface area contributed by atoms with E-state index >= 15 is 0 Å². The second kappa shape index (κ2) is 3.18. The molecule has 1 saturated carbocycles. The Morgan fingerprint density at radius 1 is 1.23 bits per heavy atom. The Kier molecular flexibility index (Phi) is 2.02. The summed E-state index contributed by atoms with van der Waals surface area (Å²) in [7, 11) is 0. The molecular weight excluding hydrogens is 160 g/mol. The molecule has 0 aliphatic heterocycles. The number of hydrogen-bond donors (Lipinski definition) is 0. The summed E-state index contributed by atoms with van der Waals surface area (Å²) in [6.07, 6.45) is 2.50. The molecule has 0 saturated heterocycles. The van der Waals surface area contributed by atoms with E-state index in [1.807, 2.05) is 19.9 Å². The zero-order valence-electron chi connectivity index (χ0n) is 7.96. The molecule has 0 N–H and O–H groups in total. The summed E-state index contributed by atoms with van der Waals surface area (Å²) in [6.45, 7) is 3.94. The number of rotatable bonds is 0. The van der Waals surface area contributed by atoms with Crippen LogP contribution in [0.1, 0.15) is 30.1 Å². The van der Waals surface area contributed by atoms with Crippen LogP contribution < -0.4 is 0 Å². The van der Waals surface area contributed by atoms with Crippen LogP contribution in [0.4, 0.5) is 0 Å². The Bertz CT molecular complexity index is 361. The lowest BCUT2D eigenvalue weighted by Gasteiger charge is -1.95. The van der Waals surface area contributed by atoms with E-state index in [2.05, 4.69) is 21.8 Å². The molecule has 0 spiro atoms. The topological polar surface area (TPSA) is 25.8 Å². The molecule has 66 valence electrons. The van der Waals surface area contributed by atoms with Gasteiger partial charge in [0.2, 0.25) is 5.82 Å². The number of aryl methyl sites for hydroxylation is 2. The Hall–Kier alpha value is -1.36. The third-order valence-corrected chi connectivity index (χ3v) is 1.95. The highest BCUT2D eigenvalue weighted by atomic mass is 14.9. The van der Waals surface area contributed by atoms with Crippen LogP contribution in [0, 0.1) is 31.6 Å². The van der Waals surface area contributed by atoms with Crippen LogP contribution in [0.5, 0.6) is 0 Å². The van der Waals surface area contributed by atoms with Gasteiger partial charge in [0.15, 0.2) is 0 Å². The zero-order valence-corrected chi connectivity index (χ0v) is 7.96. The molecule has 0 bridgehead atoms.